The van der Waals surface area contributed by atoms with E-state index in [1.807, 2.05) is 6.07 Å². The first-order valence-corrected chi connectivity index (χ1v) is 11.4. The summed E-state index contributed by atoms with van der Waals surface area (Å²) >= 11 is 1.18. The molecule has 0 saturated carbocycles. The molecule has 0 aromatic heterocycles. The molecule has 2 aromatic carbocycles. The van der Waals surface area contributed by atoms with Crippen LogP contribution >= 0.6 is 11.8 Å². The van der Waals surface area contributed by atoms with Gasteiger partial charge in [-0.2, -0.15) is 0 Å². The highest BCUT2D eigenvalue weighted by Gasteiger charge is 2.54. The number of ether oxygens (including phenoxy) is 2. The number of benzene rings is 2. The number of Topliss-reactive ketones (excluding diaryl/α,β-unsaturated/α-hetero) is 1. The van der Waals surface area contributed by atoms with E-state index in [0.29, 0.717) is 5.75 Å². The number of aliphatic hydroxyl groups is 1. The lowest BCUT2D eigenvalue weighted by atomic mass is 9.91. The minimum absolute atomic E-state index is 0.0180. The third kappa shape index (κ3) is 5.01. The molecule has 4 rings (SSSR count). The summed E-state index contributed by atoms with van der Waals surface area (Å²) in [6, 6.07) is 13.1. The first kappa shape index (κ1) is 24.0. The number of carbonyl (C=O) groups is 4. The Hall–Kier alpha value is -4.19. The first-order chi connectivity index (χ1) is 16.8. The molecule has 0 radical (unpaired) electrons. The molecule has 180 valence electrons. The number of para-hydroxylation sites is 1. The smallest absolute Gasteiger partial charge is 0.366 e. The molecular formula is C23H18N2O9S. The summed E-state index contributed by atoms with van der Waals surface area (Å²) in [6.45, 7) is -0.217. The van der Waals surface area contributed by atoms with E-state index in [4.69, 9.17) is 9.47 Å². The van der Waals surface area contributed by atoms with Gasteiger partial charge < -0.3 is 14.6 Å². The number of nitro groups is 1. The Morgan fingerprint density at radius 2 is 1.77 bits per heavy atom. The number of esters is 2. The predicted octanol–water partition coefficient (Wildman–Crippen LogP) is 2.62. The first-order valence-electron chi connectivity index (χ1n) is 10.3. The fourth-order valence-electron chi connectivity index (χ4n) is 3.62. The Bertz CT molecular complexity index is 1230. The number of β-lactam (4-membered cyclic amide) rings is 1. The monoisotopic (exact) mass is 498 g/mol. The van der Waals surface area contributed by atoms with Crippen molar-refractivity contribution >= 4 is 41.1 Å². The van der Waals surface area contributed by atoms with Gasteiger partial charge in [-0.25, -0.2) is 9.59 Å². The van der Waals surface area contributed by atoms with Crippen LogP contribution in [0.2, 0.25) is 0 Å². The Balaban J connectivity index is 1.37. The van der Waals surface area contributed by atoms with E-state index in [1.165, 1.54) is 11.8 Å². The molecule has 1 fully saturated rings. The number of hydrogen-bond donors (Lipinski definition) is 1. The van der Waals surface area contributed by atoms with Gasteiger partial charge in [0.1, 0.15) is 18.1 Å². The highest BCUT2D eigenvalue weighted by Crippen LogP contribution is 2.45. The van der Waals surface area contributed by atoms with Gasteiger partial charge in [-0.1, -0.05) is 18.2 Å². The van der Waals surface area contributed by atoms with E-state index in [0.717, 1.165) is 29.2 Å². The standard InChI is InChI=1S/C23H18N2O9S/c26-15(11-33-16-4-2-1-3-5-16)10-17-20(28)24-19(18(27)12-35-21(17)24)23(30)34-22(29)13-6-8-14(9-7-13)25(31)32/h1-9,17,21,27H,10-12H2/t17-,21-/m1/s1. The number of nitro benzene ring substituents is 1. The molecule has 2 aliphatic heterocycles. The van der Waals surface area contributed by atoms with Crippen LogP contribution in [-0.4, -0.2) is 56.3 Å². The number of amides is 1. The molecule has 1 saturated heterocycles. The molecule has 2 aliphatic rings. The number of non-ortho nitro benzene ring substituents is 1. The van der Waals surface area contributed by atoms with Crippen molar-refractivity contribution in [2.45, 2.75) is 11.8 Å². The fraction of sp³-hybridized carbons (Fsp3) is 0.217. The van der Waals surface area contributed by atoms with Crippen molar-refractivity contribution in [2.75, 3.05) is 12.4 Å². The van der Waals surface area contributed by atoms with Gasteiger partial charge in [0.05, 0.1) is 27.5 Å². The van der Waals surface area contributed by atoms with Crippen LogP contribution in [0.1, 0.15) is 16.8 Å². The van der Waals surface area contributed by atoms with Crippen LogP contribution in [0.4, 0.5) is 5.69 Å². The molecule has 1 amide bonds. The quantitative estimate of drug-likeness (QED) is 0.189. The van der Waals surface area contributed by atoms with E-state index in [9.17, 15) is 34.4 Å². The summed E-state index contributed by atoms with van der Waals surface area (Å²) in [5, 5.41) is 20.4. The predicted molar refractivity (Wildman–Crippen MR) is 121 cm³/mol. The maximum absolute atomic E-state index is 12.7. The molecule has 35 heavy (non-hydrogen) atoms. The lowest BCUT2D eigenvalue weighted by molar-refractivity contribution is -0.384. The number of aliphatic hydroxyl groups excluding tert-OH is 1. The van der Waals surface area contributed by atoms with Crippen molar-refractivity contribution in [2.24, 2.45) is 5.92 Å². The number of ketones is 1. The minimum Gasteiger partial charge on any atom is -0.509 e. The van der Waals surface area contributed by atoms with Gasteiger partial charge in [-0.15, -0.1) is 11.8 Å². The zero-order chi connectivity index (χ0) is 25.1. The average Bonchev–Trinajstić information content (AvgIpc) is 2.86. The number of hydrogen-bond acceptors (Lipinski definition) is 10. The van der Waals surface area contributed by atoms with Crippen molar-refractivity contribution in [1.82, 2.24) is 4.90 Å². The van der Waals surface area contributed by atoms with Crippen LogP contribution in [0, 0.1) is 16.0 Å². The van der Waals surface area contributed by atoms with Crippen LogP contribution in [0.3, 0.4) is 0 Å². The van der Waals surface area contributed by atoms with E-state index >= 15 is 0 Å². The summed E-state index contributed by atoms with van der Waals surface area (Å²) in [5.41, 5.74) is -0.831. The van der Waals surface area contributed by atoms with Gasteiger partial charge in [-0.05, 0) is 24.3 Å². The van der Waals surface area contributed by atoms with Crippen molar-refractivity contribution in [3.8, 4) is 5.75 Å². The normalized spacial score (nSPS) is 18.9. The molecule has 2 atom stereocenters. The summed E-state index contributed by atoms with van der Waals surface area (Å²) in [4.78, 5) is 61.1. The third-order valence-electron chi connectivity index (χ3n) is 5.34. The van der Waals surface area contributed by atoms with Gasteiger partial charge in [0.25, 0.3) is 5.69 Å². The average molecular weight is 498 g/mol. The third-order valence-corrected chi connectivity index (χ3v) is 6.66. The molecule has 0 aliphatic carbocycles. The maximum Gasteiger partial charge on any atom is 0.366 e. The Morgan fingerprint density at radius 3 is 2.43 bits per heavy atom. The van der Waals surface area contributed by atoms with Crippen LogP contribution < -0.4 is 4.74 Å². The molecule has 0 spiro atoms. The lowest BCUT2D eigenvalue weighted by Gasteiger charge is -2.48. The van der Waals surface area contributed by atoms with Gasteiger partial charge in [0, 0.05) is 18.6 Å². The van der Waals surface area contributed by atoms with Crippen molar-refractivity contribution in [3.63, 3.8) is 0 Å². The van der Waals surface area contributed by atoms with E-state index < -0.39 is 45.5 Å². The lowest BCUT2D eigenvalue weighted by Crippen LogP contribution is -2.62. The molecule has 1 N–H and O–H groups in total. The summed E-state index contributed by atoms with van der Waals surface area (Å²) in [5.74, 6) is -3.84. The van der Waals surface area contributed by atoms with Gasteiger partial charge in [0.15, 0.2) is 11.5 Å². The van der Waals surface area contributed by atoms with Crippen LogP contribution in [-0.2, 0) is 19.1 Å². The topological polar surface area (TPSA) is 153 Å². The van der Waals surface area contributed by atoms with Crippen LogP contribution in [0.25, 0.3) is 0 Å². The minimum atomic E-state index is -1.23. The number of fused-ring (bicyclic) bond motifs is 1. The number of carbonyl (C=O) groups excluding carboxylic acids is 4. The van der Waals surface area contributed by atoms with Gasteiger partial charge in [-0.3, -0.25) is 24.6 Å². The van der Waals surface area contributed by atoms with E-state index in [-0.39, 0.29) is 35.8 Å². The number of nitrogens with zero attached hydrogens (tertiary/aromatic N) is 2. The number of thioether (sulfide) groups is 1. The summed E-state index contributed by atoms with van der Waals surface area (Å²) in [7, 11) is 0. The fourth-order valence-corrected chi connectivity index (χ4v) is 4.89. The second-order valence-electron chi connectivity index (χ2n) is 7.64. The van der Waals surface area contributed by atoms with Crippen molar-refractivity contribution < 1.29 is 38.7 Å². The van der Waals surface area contributed by atoms with Crippen LogP contribution in [0.5, 0.6) is 5.75 Å². The van der Waals surface area contributed by atoms with E-state index in [2.05, 4.69) is 0 Å². The molecular weight excluding hydrogens is 480 g/mol. The molecule has 0 unspecified atom stereocenters. The maximum atomic E-state index is 12.7. The van der Waals surface area contributed by atoms with Crippen LogP contribution in [0.15, 0.2) is 66.1 Å². The van der Waals surface area contributed by atoms with Crippen molar-refractivity contribution in [3.05, 3.63) is 81.7 Å². The Labute approximate surface area is 202 Å². The molecule has 12 heteroatoms. The van der Waals surface area contributed by atoms with Crippen molar-refractivity contribution in [1.29, 1.82) is 0 Å². The zero-order valence-electron chi connectivity index (χ0n) is 18.0. The SMILES string of the molecule is O=C(COc1ccccc1)C[C@@H]1C(=O)N2C(C(=O)OC(=O)c3ccc([N+](=O)[O-])cc3)=C(O)CS[C@H]12. The highest BCUT2D eigenvalue weighted by molar-refractivity contribution is 8.00. The number of rotatable bonds is 8. The van der Waals surface area contributed by atoms with Gasteiger partial charge >= 0.3 is 11.9 Å². The molecule has 0 bridgehead atoms. The molecule has 2 heterocycles. The second-order valence-corrected chi connectivity index (χ2v) is 8.74. The zero-order valence-corrected chi connectivity index (χ0v) is 18.8. The van der Waals surface area contributed by atoms with Gasteiger partial charge in [0.2, 0.25) is 5.91 Å². The molecule has 11 nitrogen and oxygen atoms in total. The second kappa shape index (κ2) is 9.97. The summed E-state index contributed by atoms with van der Waals surface area (Å²) < 4.78 is 10.2. The highest BCUT2D eigenvalue weighted by atomic mass is 32.2. The Morgan fingerprint density at radius 1 is 1.09 bits per heavy atom. The molecule has 2 aromatic rings. The Kier molecular flexibility index (Phi) is 6.82. The largest absolute Gasteiger partial charge is 0.509 e. The summed E-state index contributed by atoms with van der Waals surface area (Å²) in [6.07, 6.45) is -0.106. The van der Waals surface area contributed by atoms with E-state index in [1.54, 1.807) is 24.3 Å².